The second-order valence-corrected chi connectivity index (χ2v) is 11.8. The number of halogens is 2. The molecule has 0 fully saturated rings. The summed E-state index contributed by atoms with van der Waals surface area (Å²) < 4.78 is 3.43. The third-order valence-corrected chi connectivity index (χ3v) is 9.66. The molecule has 0 saturated heterocycles. The summed E-state index contributed by atoms with van der Waals surface area (Å²) in [5, 5.41) is 0. The quantitative estimate of drug-likeness (QED) is 0.478. The van der Waals surface area contributed by atoms with Gasteiger partial charge in [-0.1, -0.05) is 0 Å². The van der Waals surface area contributed by atoms with Crippen LogP contribution in [-0.2, 0) is 22.9 Å². The standard InChI is InChI=1S/C17H13.C6H7.2ClH.Hf/c1-3-7-14(8-4-1)16-11-12-17(13-16)15-9-5-2-6-10-15;1-6-4-2-3-5-6;;;/h1-11,13,17H;2,4H,5H2,1H3;2*1H;/q;;;;+2/p-2. The van der Waals surface area contributed by atoms with Gasteiger partial charge < -0.3 is 24.8 Å². The molecule has 2 aromatic carbocycles. The molecule has 0 N–H and O–H groups in total. The Balaban J connectivity index is 0.00000121. The molecule has 2 aliphatic rings. The SMILES string of the molecule is CC1=CC=[C]([Hf+2][C]2=CC(c3ccccc3)=CC2c2ccccc2)C1.[Cl-].[Cl-]. The molecule has 2 aliphatic carbocycles. The molecular formula is C23H20Cl2Hf. The summed E-state index contributed by atoms with van der Waals surface area (Å²) in [7, 11) is 0. The maximum absolute atomic E-state index is 2.49. The molecule has 0 aromatic heterocycles. The normalized spacial score (nSPS) is 17.8. The average Bonchev–Trinajstić information content (AvgIpc) is 3.23. The summed E-state index contributed by atoms with van der Waals surface area (Å²) in [4.78, 5) is 0. The van der Waals surface area contributed by atoms with Gasteiger partial charge in [-0.05, 0) is 0 Å². The van der Waals surface area contributed by atoms with Crippen molar-refractivity contribution in [2.45, 2.75) is 19.3 Å². The monoisotopic (exact) mass is 546 g/mol. The van der Waals surface area contributed by atoms with E-state index in [1.165, 1.54) is 28.7 Å². The fourth-order valence-electron chi connectivity index (χ4n) is 3.37. The molecule has 4 rings (SSSR count). The maximum Gasteiger partial charge on any atom is -1.00 e. The van der Waals surface area contributed by atoms with E-state index < -0.39 is 22.9 Å². The smallest absolute Gasteiger partial charge is 1.00 e. The summed E-state index contributed by atoms with van der Waals surface area (Å²) in [6.07, 6.45) is 10.9. The number of hydrogen-bond donors (Lipinski definition) is 0. The van der Waals surface area contributed by atoms with E-state index in [4.69, 9.17) is 0 Å². The predicted molar refractivity (Wildman–Crippen MR) is 98.1 cm³/mol. The summed E-state index contributed by atoms with van der Waals surface area (Å²) in [6.45, 7) is 2.25. The van der Waals surface area contributed by atoms with Gasteiger partial charge >= 0.3 is 156 Å². The molecule has 1 unspecified atom stereocenters. The van der Waals surface area contributed by atoms with Crippen molar-refractivity contribution in [3.05, 3.63) is 108 Å². The second kappa shape index (κ2) is 9.69. The molecule has 130 valence electrons. The zero-order valence-electron chi connectivity index (χ0n) is 14.6. The first-order chi connectivity index (χ1) is 11.8. The molecule has 0 bridgehead atoms. The Morgan fingerprint density at radius 1 is 0.846 bits per heavy atom. The van der Waals surface area contributed by atoms with Gasteiger partial charge in [0.1, 0.15) is 0 Å². The van der Waals surface area contributed by atoms with E-state index in [0.717, 1.165) is 0 Å². The molecule has 0 heterocycles. The molecule has 26 heavy (non-hydrogen) atoms. The van der Waals surface area contributed by atoms with Crippen LogP contribution in [0.5, 0.6) is 0 Å². The Hall–Kier alpha value is -1.15. The van der Waals surface area contributed by atoms with Crippen molar-refractivity contribution < 1.29 is 47.7 Å². The zero-order valence-corrected chi connectivity index (χ0v) is 19.7. The van der Waals surface area contributed by atoms with E-state index in [0.29, 0.717) is 5.92 Å². The van der Waals surface area contributed by atoms with Crippen molar-refractivity contribution in [1.82, 2.24) is 0 Å². The Kier molecular flexibility index (Phi) is 7.88. The van der Waals surface area contributed by atoms with E-state index in [1.807, 2.05) is 0 Å². The fourth-order valence-corrected chi connectivity index (χ4v) is 8.89. The van der Waals surface area contributed by atoms with Crippen LogP contribution in [0.3, 0.4) is 0 Å². The topological polar surface area (TPSA) is 0 Å². The summed E-state index contributed by atoms with van der Waals surface area (Å²) in [6, 6.07) is 21.8. The first kappa shape index (κ1) is 21.2. The molecule has 0 aliphatic heterocycles. The van der Waals surface area contributed by atoms with Crippen LogP contribution in [0.2, 0.25) is 0 Å². The van der Waals surface area contributed by atoms with Crippen LogP contribution in [-0.4, -0.2) is 0 Å². The van der Waals surface area contributed by atoms with Crippen molar-refractivity contribution in [3.63, 3.8) is 0 Å². The first-order valence-corrected chi connectivity index (χ1v) is 12.1. The summed E-state index contributed by atoms with van der Waals surface area (Å²) in [5.41, 5.74) is 5.69. The Bertz CT molecular complexity index is 862. The minimum atomic E-state index is -0.956. The molecule has 0 nitrogen and oxygen atoms in total. The van der Waals surface area contributed by atoms with Crippen LogP contribution in [0.1, 0.15) is 30.4 Å². The van der Waals surface area contributed by atoms with Crippen molar-refractivity contribution in [1.29, 1.82) is 0 Å². The van der Waals surface area contributed by atoms with Gasteiger partial charge in [-0.25, -0.2) is 0 Å². The number of allylic oxidation sites excluding steroid dienone is 8. The fraction of sp³-hybridized carbons (Fsp3) is 0.130. The molecule has 1 atom stereocenters. The summed E-state index contributed by atoms with van der Waals surface area (Å²) in [5.74, 6) is 0.478. The Morgan fingerprint density at radius 3 is 2.12 bits per heavy atom. The van der Waals surface area contributed by atoms with Gasteiger partial charge in [0.15, 0.2) is 0 Å². The number of rotatable bonds is 4. The zero-order chi connectivity index (χ0) is 16.4. The van der Waals surface area contributed by atoms with Crippen LogP contribution in [0.15, 0.2) is 97.2 Å². The number of benzene rings is 2. The minimum absolute atomic E-state index is 0. The largest absolute Gasteiger partial charge is 1.00 e. The van der Waals surface area contributed by atoms with Crippen molar-refractivity contribution in [2.75, 3.05) is 0 Å². The molecule has 0 saturated carbocycles. The van der Waals surface area contributed by atoms with Gasteiger partial charge in [-0.3, -0.25) is 0 Å². The van der Waals surface area contributed by atoms with Crippen LogP contribution in [0.4, 0.5) is 0 Å². The van der Waals surface area contributed by atoms with Gasteiger partial charge in [0, 0.05) is 0 Å². The van der Waals surface area contributed by atoms with Crippen LogP contribution in [0, 0.1) is 0 Å². The molecular weight excluding hydrogens is 526 g/mol. The van der Waals surface area contributed by atoms with Gasteiger partial charge in [0.25, 0.3) is 0 Å². The average molecular weight is 546 g/mol. The molecule has 0 spiro atoms. The van der Waals surface area contributed by atoms with E-state index >= 15 is 0 Å². The summed E-state index contributed by atoms with van der Waals surface area (Å²) >= 11 is -0.956. The van der Waals surface area contributed by atoms with Gasteiger partial charge in [0.05, 0.1) is 0 Å². The predicted octanol–water partition coefficient (Wildman–Crippen LogP) is 0.0757. The third-order valence-electron chi connectivity index (χ3n) is 4.60. The van der Waals surface area contributed by atoms with E-state index in [9.17, 15) is 0 Å². The van der Waals surface area contributed by atoms with Gasteiger partial charge in [-0.15, -0.1) is 0 Å². The van der Waals surface area contributed by atoms with E-state index in [2.05, 4.69) is 91.9 Å². The van der Waals surface area contributed by atoms with Gasteiger partial charge in [-0.2, -0.15) is 0 Å². The van der Waals surface area contributed by atoms with Crippen LogP contribution in [0.25, 0.3) is 5.57 Å². The Labute approximate surface area is 180 Å². The van der Waals surface area contributed by atoms with Crippen molar-refractivity contribution in [3.8, 4) is 0 Å². The van der Waals surface area contributed by atoms with E-state index in [1.54, 1.807) is 6.66 Å². The Morgan fingerprint density at radius 2 is 1.50 bits per heavy atom. The molecule has 2 aromatic rings. The van der Waals surface area contributed by atoms with Crippen LogP contribution < -0.4 is 24.8 Å². The van der Waals surface area contributed by atoms with Crippen LogP contribution >= 0.6 is 0 Å². The molecule has 0 radical (unpaired) electrons. The molecule has 0 amide bonds. The minimum Gasteiger partial charge on any atom is -1.00 e. The molecule has 3 heteroatoms. The van der Waals surface area contributed by atoms with Crippen molar-refractivity contribution >= 4 is 5.57 Å². The van der Waals surface area contributed by atoms with E-state index in [-0.39, 0.29) is 24.8 Å². The third kappa shape index (κ3) is 4.76. The maximum atomic E-state index is 2.49. The second-order valence-electron chi connectivity index (χ2n) is 6.48. The first-order valence-electron chi connectivity index (χ1n) is 8.47. The van der Waals surface area contributed by atoms with Crippen molar-refractivity contribution in [2.24, 2.45) is 0 Å². The number of hydrogen-bond acceptors (Lipinski definition) is 0. The van der Waals surface area contributed by atoms with Gasteiger partial charge in [0.2, 0.25) is 0 Å².